The lowest BCUT2D eigenvalue weighted by molar-refractivity contribution is -0.128. The molecule has 2 rings (SSSR count). The van der Waals surface area contributed by atoms with Crippen LogP contribution in [0.5, 0.6) is 5.75 Å². The number of ether oxygens (including phenoxy) is 1. The lowest BCUT2D eigenvalue weighted by Gasteiger charge is -2.29. The second-order valence-electron chi connectivity index (χ2n) is 5.76. The van der Waals surface area contributed by atoms with E-state index in [0.717, 1.165) is 18.4 Å². The van der Waals surface area contributed by atoms with Gasteiger partial charge in [0.1, 0.15) is 5.75 Å². The molecular weight excluding hydrogens is 326 g/mol. The quantitative estimate of drug-likeness (QED) is 0.830. The lowest BCUT2D eigenvalue weighted by Crippen LogP contribution is -2.48. The zero-order chi connectivity index (χ0) is 16.2. The Morgan fingerprint density at radius 2 is 2.04 bits per heavy atom. The molecule has 1 aliphatic rings. The highest BCUT2D eigenvalue weighted by Gasteiger charge is 2.43. The highest BCUT2D eigenvalue weighted by atomic mass is 35.5. The third-order valence-electron chi connectivity index (χ3n) is 4.32. The van der Waals surface area contributed by atoms with Crippen molar-refractivity contribution in [2.75, 3.05) is 20.2 Å². The fourth-order valence-electron chi connectivity index (χ4n) is 3.00. The van der Waals surface area contributed by atoms with Gasteiger partial charge in [-0.1, -0.05) is 25.0 Å². The van der Waals surface area contributed by atoms with E-state index in [2.05, 4.69) is 5.32 Å². The standard InChI is InChI=1S/C16H22F2N2O2.ClH/c1-22-13-6-4-5-12(9-13)15(7-2-3-8-15)14(21)20-11-16(17,18)10-19;/h4-6,9H,2-3,7-8,10-11,19H2,1H3,(H,20,21);1H. The summed E-state index contributed by atoms with van der Waals surface area (Å²) in [5.74, 6) is -2.78. The van der Waals surface area contributed by atoms with Gasteiger partial charge in [-0.15, -0.1) is 12.4 Å². The number of carbonyl (C=O) groups is 1. The molecule has 130 valence electrons. The molecule has 1 aromatic rings. The van der Waals surface area contributed by atoms with Crippen LogP contribution in [0.4, 0.5) is 8.78 Å². The number of nitrogens with two attached hydrogens (primary N) is 1. The Labute approximate surface area is 141 Å². The van der Waals surface area contributed by atoms with E-state index in [1.807, 2.05) is 18.2 Å². The molecule has 0 aromatic heterocycles. The molecule has 4 nitrogen and oxygen atoms in total. The summed E-state index contributed by atoms with van der Waals surface area (Å²) in [6.45, 7) is -1.51. The maximum atomic E-state index is 13.3. The maximum Gasteiger partial charge on any atom is 0.277 e. The zero-order valence-corrected chi connectivity index (χ0v) is 13.9. The number of halogens is 3. The van der Waals surface area contributed by atoms with Gasteiger partial charge in [0, 0.05) is 0 Å². The van der Waals surface area contributed by atoms with Gasteiger partial charge in [-0.25, -0.2) is 8.78 Å². The topological polar surface area (TPSA) is 64.3 Å². The summed E-state index contributed by atoms with van der Waals surface area (Å²) < 4.78 is 31.8. The van der Waals surface area contributed by atoms with E-state index in [9.17, 15) is 13.6 Å². The molecule has 0 bridgehead atoms. The Morgan fingerprint density at radius 1 is 1.39 bits per heavy atom. The van der Waals surface area contributed by atoms with Crippen molar-refractivity contribution < 1.29 is 18.3 Å². The summed E-state index contributed by atoms with van der Waals surface area (Å²) in [6, 6.07) is 7.28. The molecule has 1 aromatic carbocycles. The minimum atomic E-state index is -3.08. The van der Waals surface area contributed by atoms with Crippen molar-refractivity contribution in [2.45, 2.75) is 37.0 Å². The molecular formula is C16H23ClF2N2O2. The van der Waals surface area contributed by atoms with Gasteiger partial charge >= 0.3 is 0 Å². The van der Waals surface area contributed by atoms with Gasteiger partial charge in [0.15, 0.2) is 0 Å². The molecule has 0 unspecified atom stereocenters. The van der Waals surface area contributed by atoms with E-state index in [1.54, 1.807) is 13.2 Å². The Balaban J connectivity index is 0.00000264. The predicted octanol–water partition coefficient (Wildman–Crippen LogP) is 2.64. The molecule has 0 atom stereocenters. The highest BCUT2D eigenvalue weighted by molar-refractivity contribution is 5.88. The van der Waals surface area contributed by atoms with Gasteiger partial charge < -0.3 is 15.8 Å². The van der Waals surface area contributed by atoms with Crippen LogP contribution in [0.1, 0.15) is 31.2 Å². The second-order valence-corrected chi connectivity index (χ2v) is 5.76. The minimum Gasteiger partial charge on any atom is -0.497 e. The molecule has 0 radical (unpaired) electrons. The number of hydrogen-bond acceptors (Lipinski definition) is 3. The van der Waals surface area contributed by atoms with Gasteiger partial charge in [0.25, 0.3) is 5.92 Å². The van der Waals surface area contributed by atoms with Crippen LogP contribution in [0.25, 0.3) is 0 Å². The van der Waals surface area contributed by atoms with Crippen LogP contribution in [0.3, 0.4) is 0 Å². The molecule has 0 saturated heterocycles. The average Bonchev–Trinajstić information content (AvgIpc) is 3.04. The van der Waals surface area contributed by atoms with Crippen molar-refractivity contribution in [3.63, 3.8) is 0 Å². The number of rotatable bonds is 6. The Morgan fingerprint density at radius 3 is 2.61 bits per heavy atom. The van der Waals surface area contributed by atoms with E-state index < -0.39 is 24.4 Å². The van der Waals surface area contributed by atoms with Crippen LogP contribution in [-0.2, 0) is 10.2 Å². The summed E-state index contributed by atoms with van der Waals surface area (Å²) in [6.07, 6.45) is 3.11. The summed E-state index contributed by atoms with van der Waals surface area (Å²) >= 11 is 0. The third kappa shape index (κ3) is 4.32. The monoisotopic (exact) mass is 348 g/mol. The summed E-state index contributed by atoms with van der Waals surface area (Å²) in [5, 5.41) is 2.38. The molecule has 0 spiro atoms. The summed E-state index contributed by atoms with van der Waals surface area (Å²) in [7, 11) is 1.56. The number of methoxy groups -OCH3 is 1. The molecule has 7 heteroatoms. The van der Waals surface area contributed by atoms with Crippen molar-refractivity contribution in [3.8, 4) is 5.75 Å². The largest absolute Gasteiger partial charge is 0.497 e. The van der Waals surface area contributed by atoms with Gasteiger partial charge in [-0.05, 0) is 30.5 Å². The fourth-order valence-corrected chi connectivity index (χ4v) is 3.00. The Hall–Kier alpha value is -1.40. The maximum absolute atomic E-state index is 13.3. The summed E-state index contributed by atoms with van der Waals surface area (Å²) in [4.78, 5) is 12.6. The number of carbonyl (C=O) groups excluding carboxylic acids is 1. The summed E-state index contributed by atoms with van der Waals surface area (Å²) in [5.41, 5.74) is 5.08. The van der Waals surface area contributed by atoms with E-state index in [1.165, 1.54) is 0 Å². The van der Waals surface area contributed by atoms with Crippen molar-refractivity contribution in [1.82, 2.24) is 5.32 Å². The second kappa shape index (κ2) is 7.93. The number of benzene rings is 1. The molecule has 3 N–H and O–H groups in total. The SMILES string of the molecule is COc1cccc(C2(C(=O)NCC(F)(F)CN)CCCC2)c1.Cl. The van der Waals surface area contributed by atoms with Gasteiger partial charge in [0.05, 0.1) is 25.6 Å². The van der Waals surface area contributed by atoms with E-state index in [0.29, 0.717) is 18.6 Å². The van der Waals surface area contributed by atoms with Gasteiger partial charge in [-0.2, -0.15) is 0 Å². The Bertz CT molecular complexity index is 535. The molecule has 1 aliphatic carbocycles. The van der Waals surface area contributed by atoms with E-state index in [-0.39, 0.29) is 18.3 Å². The van der Waals surface area contributed by atoms with Crippen LogP contribution in [-0.4, -0.2) is 32.0 Å². The highest BCUT2D eigenvalue weighted by Crippen LogP contribution is 2.42. The smallest absolute Gasteiger partial charge is 0.277 e. The molecule has 1 fully saturated rings. The molecule has 23 heavy (non-hydrogen) atoms. The van der Waals surface area contributed by atoms with Crippen LogP contribution in [0, 0.1) is 0 Å². The van der Waals surface area contributed by atoms with Crippen LogP contribution in [0.2, 0.25) is 0 Å². The van der Waals surface area contributed by atoms with E-state index >= 15 is 0 Å². The van der Waals surface area contributed by atoms with Gasteiger partial charge in [-0.3, -0.25) is 4.79 Å². The Kier molecular flexibility index (Phi) is 6.77. The third-order valence-corrected chi connectivity index (χ3v) is 4.32. The molecule has 1 saturated carbocycles. The van der Waals surface area contributed by atoms with Crippen LogP contribution < -0.4 is 15.8 Å². The normalized spacial score (nSPS) is 16.5. The first kappa shape index (κ1) is 19.6. The number of nitrogens with one attached hydrogen (secondary N) is 1. The average molecular weight is 349 g/mol. The minimum absolute atomic E-state index is 0. The number of hydrogen-bond donors (Lipinski definition) is 2. The van der Waals surface area contributed by atoms with E-state index in [4.69, 9.17) is 10.5 Å². The van der Waals surface area contributed by atoms with Crippen LogP contribution in [0.15, 0.2) is 24.3 Å². The molecule has 0 heterocycles. The van der Waals surface area contributed by atoms with Gasteiger partial charge in [0.2, 0.25) is 5.91 Å². The number of amides is 1. The van der Waals surface area contributed by atoms with Crippen LogP contribution >= 0.6 is 12.4 Å². The molecule has 0 aliphatic heterocycles. The fraction of sp³-hybridized carbons (Fsp3) is 0.562. The number of alkyl halides is 2. The first-order valence-electron chi connectivity index (χ1n) is 7.44. The van der Waals surface area contributed by atoms with Crippen molar-refractivity contribution in [1.29, 1.82) is 0 Å². The lowest BCUT2D eigenvalue weighted by atomic mass is 9.78. The predicted molar refractivity (Wildman–Crippen MR) is 87.4 cm³/mol. The van der Waals surface area contributed by atoms with Crippen molar-refractivity contribution >= 4 is 18.3 Å². The van der Waals surface area contributed by atoms with Crippen molar-refractivity contribution in [2.24, 2.45) is 5.73 Å². The first-order valence-corrected chi connectivity index (χ1v) is 7.44. The molecule has 1 amide bonds. The van der Waals surface area contributed by atoms with Crippen molar-refractivity contribution in [3.05, 3.63) is 29.8 Å². The zero-order valence-electron chi connectivity index (χ0n) is 13.1. The first-order chi connectivity index (χ1) is 10.4.